The molecule has 0 radical (unpaired) electrons. The van der Waals surface area contributed by atoms with Crippen molar-refractivity contribution in [1.29, 1.82) is 0 Å². The summed E-state index contributed by atoms with van der Waals surface area (Å²) in [6.07, 6.45) is 3.14. The van der Waals surface area contributed by atoms with Gasteiger partial charge in [0.1, 0.15) is 0 Å². The lowest BCUT2D eigenvalue weighted by Gasteiger charge is -2.18. The third-order valence-corrected chi connectivity index (χ3v) is 6.29. The first kappa shape index (κ1) is 23.7. The molecular formula is C29H26N6O2. The van der Waals surface area contributed by atoms with Crippen LogP contribution in [0.15, 0.2) is 97.3 Å². The molecule has 0 fully saturated rings. The molecule has 2 aromatic heterocycles. The Morgan fingerprint density at radius 3 is 1.86 bits per heavy atom. The smallest absolute Gasteiger partial charge is 0.261 e. The third-order valence-electron chi connectivity index (χ3n) is 6.29. The standard InChI is InChI=1S/C29H26N6O2/c1-20-26(18-30-34(20)23-12-6-4-7-13-23)28(36)32-22-11-10-16-25(17-22)33(3)29(37)27-19-31-35(21(27)2)24-14-8-5-9-15-24/h4-19H,1-3H3,(H,32,36). The van der Waals surface area contributed by atoms with Crippen LogP contribution in [0.1, 0.15) is 32.1 Å². The predicted molar refractivity (Wildman–Crippen MR) is 144 cm³/mol. The average molecular weight is 491 g/mol. The maximum Gasteiger partial charge on any atom is 0.261 e. The topological polar surface area (TPSA) is 85.1 Å². The first-order valence-electron chi connectivity index (χ1n) is 11.8. The Balaban J connectivity index is 1.34. The minimum Gasteiger partial charge on any atom is -0.322 e. The van der Waals surface area contributed by atoms with Crippen molar-refractivity contribution in [3.05, 3.63) is 120 Å². The van der Waals surface area contributed by atoms with E-state index in [4.69, 9.17) is 0 Å². The summed E-state index contributed by atoms with van der Waals surface area (Å²) < 4.78 is 3.48. The van der Waals surface area contributed by atoms with Gasteiger partial charge in [0, 0.05) is 18.4 Å². The second-order valence-electron chi connectivity index (χ2n) is 8.65. The van der Waals surface area contributed by atoms with E-state index < -0.39 is 0 Å². The molecule has 37 heavy (non-hydrogen) atoms. The number of carbonyl (C=O) groups excluding carboxylic acids is 2. The molecule has 0 aliphatic heterocycles. The van der Waals surface area contributed by atoms with E-state index in [2.05, 4.69) is 15.5 Å². The number of carbonyl (C=O) groups is 2. The molecule has 2 amide bonds. The number of nitrogens with one attached hydrogen (secondary N) is 1. The van der Waals surface area contributed by atoms with Gasteiger partial charge in [-0.05, 0) is 56.3 Å². The van der Waals surface area contributed by atoms with Gasteiger partial charge in [0.05, 0.1) is 46.3 Å². The number of anilines is 2. The van der Waals surface area contributed by atoms with Crippen molar-refractivity contribution in [3.63, 3.8) is 0 Å². The molecule has 184 valence electrons. The third kappa shape index (κ3) is 4.64. The Bertz CT molecular complexity index is 1570. The lowest BCUT2D eigenvalue weighted by Crippen LogP contribution is -2.26. The van der Waals surface area contributed by atoms with Crippen LogP contribution in [0.25, 0.3) is 11.4 Å². The average Bonchev–Trinajstić information content (AvgIpc) is 3.51. The Morgan fingerprint density at radius 2 is 1.27 bits per heavy atom. The summed E-state index contributed by atoms with van der Waals surface area (Å²) in [5.41, 5.74) is 5.45. The van der Waals surface area contributed by atoms with Crippen LogP contribution in [0.5, 0.6) is 0 Å². The van der Waals surface area contributed by atoms with Crippen LogP contribution in [0, 0.1) is 13.8 Å². The van der Waals surface area contributed by atoms with Gasteiger partial charge in [-0.15, -0.1) is 0 Å². The van der Waals surface area contributed by atoms with Crippen LogP contribution < -0.4 is 10.2 Å². The predicted octanol–water partition coefficient (Wildman–Crippen LogP) is 5.20. The van der Waals surface area contributed by atoms with Crippen molar-refractivity contribution in [1.82, 2.24) is 19.6 Å². The normalized spacial score (nSPS) is 10.8. The van der Waals surface area contributed by atoms with Gasteiger partial charge in [0.2, 0.25) is 0 Å². The Labute approximate surface area is 214 Å². The number of rotatable bonds is 6. The van der Waals surface area contributed by atoms with Crippen molar-refractivity contribution >= 4 is 23.2 Å². The molecule has 8 nitrogen and oxygen atoms in total. The molecule has 0 aliphatic rings. The molecule has 8 heteroatoms. The minimum atomic E-state index is -0.272. The lowest BCUT2D eigenvalue weighted by molar-refractivity contribution is 0.0991. The number of aromatic nitrogens is 4. The Morgan fingerprint density at radius 1 is 0.730 bits per heavy atom. The van der Waals surface area contributed by atoms with Gasteiger partial charge < -0.3 is 10.2 Å². The fourth-order valence-corrected chi connectivity index (χ4v) is 4.20. The van der Waals surface area contributed by atoms with Gasteiger partial charge in [0.15, 0.2) is 0 Å². The highest BCUT2D eigenvalue weighted by atomic mass is 16.2. The zero-order chi connectivity index (χ0) is 25.9. The SMILES string of the molecule is Cc1c(C(=O)Nc2cccc(N(C)C(=O)c3cnn(-c4ccccc4)c3C)c2)cnn1-c1ccccc1. The van der Waals surface area contributed by atoms with E-state index in [1.165, 1.54) is 0 Å². The lowest BCUT2D eigenvalue weighted by atomic mass is 10.2. The molecule has 2 heterocycles. The maximum absolute atomic E-state index is 13.3. The van der Waals surface area contributed by atoms with E-state index in [0.717, 1.165) is 22.8 Å². The van der Waals surface area contributed by atoms with E-state index in [9.17, 15) is 9.59 Å². The Kier molecular flexibility index (Phi) is 6.38. The molecule has 5 aromatic rings. The number of amides is 2. The summed E-state index contributed by atoms with van der Waals surface area (Å²) in [4.78, 5) is 27.9. The second-order valence-corrected chi connectivity index (χ2v) is 8.65. The van der Waals surface area contributed by atoms with Crippen molar-refractivity contribution in [2.45, 2.75) is 13.8 Å². The van der Waals surface area contributed by atoms with Crippen LogP contribution in [0.2, 0.25) is 0 Å². The highest BCUT2D eigenvalue weighted by molar-refractivity contribution is 6.08. The molecule has 0 saturated carbocycles. The summed E-state index contributed by atoms with van der Waals surface area (Å²) >= 11 is 0. The fraction of sp³-hybridized carbons (Fsp3) is 0.103. The summed E-state index contributed by atoms with van der Waals surface area (Å²) in [6.45, 7) is 3.73. The summed E-state index contributed by atoms with van der Waals surface area (Å²) in [6, 6.07) is 26.5. The van der Waals surface area contributed by atoms with E-state index in [-0.39, 0.29) is 11.8 Å². The number of hydrogen-bond acceptors (Lipinski definition) is 4. The van der Waals surface area contributed by atoms with E-state index in [0.29, 0.717) is 22.5 Å². The van der Waals surface area contributed by atoms with Crippen LogP contribution >= 0.6 is 0 Å². The molecule has 3 aromatic carbocycles. The molecule has 0 aliphatic carbocycles. The highest BCUT2D eigenvalue weighted by Gasteiger charge is 2.21. The Hall–Kier alpha value is -4.98. The molecule has 5 rings (SSSR count). The van der Waals surface area contributed by atoms with Gasteiger partial charge in [0.25, 0.3) is 11.8 Å². The molecule has 0 atom stereocenters. The van der Waals surface area contributed by atoms with Gasteiger partial charge in [-0.2, -0.15) is 10.2 Å². The van der Waals surface area contributed by atoms with Crippen molar-refractivity contribution in [2.24, 2.45) is 0 Å². The van der Waals surface area contributed by atoms with Crippen molar-refractivity contribution in [2.75, 3.05) is 17.3 Å². The van der Waals surface area contributed by atoms with Gasteiger partial charge in [-0.1, -0.05) is 42.5 Å². The summed E-state index contributed by atoms with van der Waals surface area (Å²) in [5.74, 6) is -0.464. The molecular weight excluding hydrogens is 464 g/mol. The van der Waals surface area contributed by atoms with Gasteiger partial charge in [-0.3, -0.25) is 9.59 Å². The fourth-order valence-electron chi connectivity index (χ4n) is 4.20. The zero-order valence-corrected chi connectivity index (χ0v) is 20.8. The first-order valence-corrected chi connectivity index (χ1v) is 11.8. The largest absolute Gasteiger partial charge is 0.322 e. The molecule has 1 N–H and O–H groups in total. The van der Waals surface area contributed by atoms with Gasteiger partial charge in [-0.25, -0.2) is 9.36 Å². The van der Waals surface area contributed by atoms with Crippen LogP contribution in [-0.2, 0) is 0 Å². The van der Waals surface area contributed by atoms with Crippen LogP contribution in [0.4, 0.5) is 11.4 Å². The number of benzene rings is 3. The van der Waals surface area contributed by atoms with Gasteiger partial charge >= 0.3 is 0 Å². The number of para-hydroxylation sites is 2. The quantitative estimate of drug-likeness (QED) is 0.354. The molecule has 0 saturated heterocycles. The van der Waals surface area contributed by atoms with Crippen molar-refractivity contribution < 1.29 is 9.59 Å². The number of hydrogen-bond donors (Lipinski definition) is 1. The maximum atomic E-state index is 13.3. The van der Waals surface area contributed by atoms with Crippen LogP contribution in [-0.4, -0.2) is 38.4 Å². The van der Waals surface area contributed by atoms with Crippen LogP contribution in [0.3, 0.4) is 0 Å². The first-order chi connectivity index (χ1) is 17.9. The zero-order valence-electron chi connectivity index (χ0n) is 20.8. The molecule has 0 bridgehead atoms. The summed E-state index contributed by atoms with van der Waals surface area (Å²) in [5, 5.41) is 11.7. The second kappa shape index (κ2) is 9.94. The monoisotopic (exact) mass is 490 g/mol. The molecule has 0 unspecified atom stereocenters. The van der Waals surface area contributed by atoms with E-state index >= 15 is 0 Å². The minimum absolute atomic E-state index is 0.192. The van der Waals surface area contributed by atoms with Crippen molar-refractivity contribution in [3.8, 4) is 11.4 Å². The highest BCUT2D eigenvalue weighted by Crippen LogP contribution is 2.23. The number of nitrogens with zero attached hydrogens (tertiary/aromatic N) is 5. The van der Waals surface area contributed by atoms with E-state index in [1.54, 1.807) is 51.9 Å². The summed E-state index contributed by atoms with van der Waals surface area (Å²) in [7, 11) is 1.70. The van der Waals surface area contributed by atoms with E-state index in [1.807, 2.05) is 80.6 Å². The molecule has 0 spiro atoms.